The molecule has 3 fully saturated rings. The zero-order chi connectivity index (χ0) is 13.4. The first-order valence-electron chi connectivity index (χ1n) is 8.32. The summed E-state index contributed by atoms with van der Waals surface area (Å²) < 4.78 is 0. The molecule has 110 valence electrons. The topological polar surface area (TPSA) is 18.5 Å². The standard InChI is InChI=1S/C16H31N3/c1-12(2)19-9-13-5-4-6-14(10-19)16(13)17-15-7-8-18(3)11-15/h12-17H,4-11H2,1-3H3. The highest BCUT2D eigenvalue weighted by molar-refractivity contribution is 4.97. The van der Waals surface area contributed by atoms with Gasteiger partial charge in [0.25, 0.3) is 0 Å². The molecule has 0 radical (unpaired) electrons. The van der Waals surface area contributed by atoms with Crippen LogP contribution < -0.4 is 5.32 Å². The number of likely N-dealkylation sites (N-methyl/N-ethyl adjacent to an activating group) is 1. The largest absolute Gasteiger partial charge is 0.309 e. The van der Waals surface area contributed by atoms with Gasteiger partial charge in [-0.15, -0.1) is 0 Å². The van der Waals surface area contributed by atoms with Crippen LogP contribution in [0, 0.1) is 11.8 Å². The molecule has 19 heavy (non-hydrogen) atoms. The molecule has 2 aliphatic heterocycles. The molecule has 3 unspecified atom stereocenters. The molecule has 0 aromatic rings. The number of fused-ring (bicyclic) bond motifs is 2. The zero-order valence-electron chi connectivity index (χ0n) is 12.9. The van der Waals surface area contributed by atoms with Crippen LogP contribution in [0.5, 0.6) is 0 Å². The van der Waals surface area contributed by atoms with E-state index in [2.05, 4.69) is 36.0 Å². The second-order valence-corrected chi connectivity index (χ2v) is 7.44. The van der Waals surface area contributed by atoms with Crippen LogP contribution in [0.3, 0.4) is 0 Å². The molecule has 3 atom stereocenters. The van der Waals surface area contributed by atoms with Crippen molar-refractivity contribution in [2.24, 2.45) is 11.8 Å². The van der Waals surface area contributed by atoms with Crippen molar-refractivity contribution in [2.75, 3.05) is 33.2 Å². The predicted octanol–water partition coefficient (Wildman–Crippen LogP) is 1.79. The van der Waals surface area contributed by atoms with Crippen LogP contribution in [0.2, 0.25) is 0 Å². The molecule has 3 aliphatic rings. The van der Waals surface area contributed by atoms with Gasteiger partial charge in [-0.25, -0.2) is 0 Å². The normalized spacial score (nSPS) is 41.1. The molecule has 0 aromatic carbocycles. The van der Waals surface area contributed by atoms with Gasteiger partial charge in [0.05, 0.1) is 0 Å². The Balaban J connectivity index is 1.62. The molecule has 2 bridgehead atoms. The molecule has 1 N–H and O–H groups in total. The molecule has 2 heterocycles. The van der Waals surface area contributed by atoms with Crippen LogP contribution in [0.25, 0.3) is 0 Å². The van der Waals surface area contributed by atoms with Crippen LogP contribution in [0.4, 0.5) is 0 Å². The van der Waals surface area contributed by atoms with E-state index in [4.69, 9.17) is 0 Å². The summed E-state index contributed by atoms with van der Waals surface area (Å²) in [6.45, 7) is 9.90. The minimum absolute atomic E-state index is 0.724. The van der Waals surface area contributed by atoms with Gasteiger partial charge < -0.3 is 15.1 Å². The van der Waals surface area contributed by atoms with Crippen LogP contribution in [-0.4, -0.2) is 61.2 Å². The number of hydrogen-bond acceptors (Lipinski definition) is 3. The molecule has 3 nitrogen and oxygen atoms in total. The third kappa shape index (κ3) is 2.98. The fraction of sp³-hybridized carbons (Fsp3) is 1.00. The summed E-state index contributed by atoms with van der Waals surface area (Å²) >= 11 is 0. The van der Waals surface area contributed by atoms with Crippen molar-refractivity contribution in [1.29, 1.82) is 0 Å². The summed E-state index contributed by atoms with van der Waals surface area (Å²) in [5, 5.41) is 4.04. The van der Waals surface area contributed by atoms with Gasteiger partial charge in [-0.05, 0) is 58.5 Å². The molecule has 2 saturated heterocycles. The maximum atomic E-state index is 4.04. The van der Waals surface area contributed by atoms with Gasteiger partial charge in [0.2, 0.25) is 0 Å². The first-order valence-corrected chi connectivity index (χ1v) is 8.32. The lowest BCUT2D eigenvalue weighted by Crippen LogP contribution is -2.60. The van der Waals surface area contributed by atoms with Crippen molar-refractivity contribution in [2.45, 2.75) is 57.7 Å². The van der Waals surface area contributed by atoms with E-state index >= 15 is 0 Å². The molecule has 3 rings (SSSR count). The fourth-order valence-corrected chi connectivity index (χ4v) is 4.51. The van der Waals surface area contributed by atoms with Gasteiger partial charge >= 0.3 is 0 Å². The maximum Gasteiger partial charge on any atom is 0.0209 e. The van der Waals surface area contributed by atoms with Gasteiger partial charge in [0, 0.05) is 37.8 Å². The van der Waals surface area contributed by atoms with Crippen molar-refractivity contribution in [3.63, 3.8) is 0 Å². The molecule has 1 aliphatic carbocycles. The zero-order valence-corrected chi connectivity index (χ0v) is 12.9. The van der Waals surface area contributed by atoms with Crippen LogP contribution in [0.15, 0.2) is 0 Å². The summed E-state index contributed by atoms with van der Waals surface area (Å²) in [5.41, 5.74) is 0. The van der Waals surface area contributed by atoms with Gasteiger partial charge in [-0.3, -0.25) is 0 Å². The van der Waals surface area contributed by atoms with E-state index in [1.807, 2.05) is 0 Å². The number of likely N-dealkylation sites (tertiary alicyclic amines) is 2. The van der Waals surface area contributed by atoms with Crippen molar-refractivity contribution in [3.05, 3.63) is 0 Å². The van der Waals surface area contributed by atoms with E-state index in [-0.39, 0.29) is 0 Å². The SMILES string of the molecule is CC(C)N1CC2CCCC(C1)C2NC1CCN(C)C1. The van der Waals surface area contributed by atoms with Crippen LogP contribution >= 0.6 is 0 Å². The lowest BCUT2D eigenvalue weighted by atomic mass is 9.73. The third-order valence-electron chi connectivity index (χ3n) is 5.65. The van der Waals surface area contributed by atoms with Crippen molar-refractivity contribution >= 4 is 0 Å². The first-order chi connectivity index (χ1) is 9.13. The quantitative estimate of drug-likeness (QED) is 0.839. The van der Waals surface area contributed by atoms with Gasteiger partial charge in [0.15, 0.2) is 0 Å². The van der Waals surface area contributed by atoms with Crippen molar-refractivity contribution < 1.29 is 0 Å². The van der Waals surface area contributed by atoms with E-state index in [1.165, 1.54) is 51.9 Å². The lowest BCUT2D eigenvalue weighted by Gasteiger charge is -2.49. The maximum absolute atomic E-state index is 4.04. The number of nitrogens with zero attached hydrogens (tertiary/aromatic N) is 2. The highest BCUT2D eigenvalue weighted by Gasteiger charge is 2.41. The first kappa shape index (κ1) is 13.8. The summed E-state index contributed by atoms with van der Waals surface area (Å²) in [5.74, 6) is 1.81. The van der Waals surface area contributed by atoms with Gasteiger partial charge in [-0.2, -0.15) is 0 Å². The smallest absolute Gasteiger partial charge is 0.0209 e. The average molecular weight is 265 g/mol. The highest BCUT2D eigenvalue weighted by atomic mass is 15.2. The van der Waals surface area contributed by atoms with E-state index in [0.717, 1.165) is 30.0 Å². The van der Waals surface area contributed by atoms with E-state index in [1.54, 1.807) is 0 Å². The number of rotatable bonds is 3. The van der Waals surface area contributed by atoms with Crippen molar-refractivity contribution in [3.8, 4) is 0 Å². The molecular weight excluding hydrogens is 234 g/mol. The summed E-state index contributed by atoms with van der Waals surface area (Å²) in [6, 6.07) is 2.28. The third-order valence-corrected chi connectivity index (χ3v) is 5.65. The molecular formula is C16H31N3. The fourth-order valence-electron chi connectivity index (χ4n) is 4.51. The van der Waals surface area contributed by atoms with E-state index in [0.29, 0.717) is 0 Å². The lowest BCUT2D eigenvalue weighted by molar-refractivity contribution is 0.0255. The van der Waals surface area contributed by atoms with E-state index < -0.39 is 0 Å². The van der Waals surface area contributed by atoms with Crippen LogP contribution in [0.1, 0.15) is 39.5 Å². The predicted molar refractivity (Wildman–Crippen MR) is 80.4 cm³/mol. The molecule has 0 spiro atoms. The Bertz CT molecular complexity index is 290. The summed E-state index contributed by atoms with van der Waals surface area (Å²) in [7, 11) is 2.25. The van der Waals surface area contributed by atoms with E-state index in [9.17, 15) is 0 Å². The molecule has 3 heteroatoms. The molecule has 0 aromatic heterocycles. The Morgan fingerprint density at radius 2 is 1.68 bits per heavy atom. The van der Waals surface area contributed by atoms with Gasteiger partial charge in [-0.1, -0.05) is 6.42 Å². The Kier molecular flexibility index (Phi) is 4.16. The molecule has 0 amide bonds. The number of hydrogen-bond donors (Lipinski definition) is 1. The second kappa shape index (κ2) is 5.71. The second-order valence-electron chi connectivity index (χ2n) is 7.44. The average Bonchev–Trinajstić information content (AvgIpc) is 2.74. The Morgan fingerprint density at radius 3 is 2.21 bits per heavy atom. The Hall–Kier alpha value is -0.120. The van der Waals surface area contributed by atoms with Gasteiger partial charge in [0.1, 0.15) is 0 Å². The monoisotopic (exact) mass is 265 g/mol. The minimum atomic E-state index is 0.724. The Morgan fingerprint density at radius 1 is 1.00 bits per heavy atom. The molecule has 1 saturated carbocycles. The number of nitrogens with one attached hydrogen (secondary N) is 1. The Labute approximate surface area is 118 Å². The summed E-state index contributed by atoms with van der Waals surface area (Å²) in [4.78, 5) is 5.18. The number of piperidine rings is 1. The van der Waals surface area contributed by atoms with Crippen molar-refractivity contribution in [1.82, 2.24) is 15.1 Å². The minimum Gasteiger partial charge on any atom is -0.309 e. The highest BCUT2D eigenvalue weighted by Crippen LogP contribution is 2.36. The summed E-state index contributed by atoms with van der Waals surface area (Å²) in [6.07, 6.45) is 5.70. The van der Waals surface area contributed by atoms with Crippen LogP contribution in [-0.2, 0) is 0 Å².